The number of fused-ring (bicyclic) bond motifs is 3. The van der Waals surface area contributed by atoms with Gasteiger partial charge in [-0.2, -0.15) is 0 Å². The van der Waals surface area contributed by atoms with Crippen molar-refractivity contribution in [1.29, 1.82) is 0 Å². The molecule has 0 aromatic heterocycles. The fraction of sp³-hybridized carbons (Fsp3) is 0.391. The molecular formula is C23H28FNO5. The molecule has 162 valence electrons. The van der Waals surface area contributed by atoms with E-state index in [0.29, 0.717) is 0 Å². The second-order valence-corrected chi connectivity index (χ2v) is 8.22. The SMILES string of the molecule is C[C@@H](OC(C)(C)C)[C@H](NC(=O)OCC1c2ccccc2-c2ccccc21)C(=O)O.F. The summed E-state index contributed by atoms with van der Waals surface area (Å²) in [6, 6.07) is 14.9. The minimum absolute atomic E-state index is 0. The molecule has 0 radical (unpaired) electrons. The minimum Gasteiger partial charge on any atom is -0.480 e. The number of benzene rings is 2. The fourth-order valence-corrected chi connectivity index (χ4v) is 3.77. The molecule has 1 aliphatic rings. The fourth-order valence-electron chi connectivity index (χ4n) is 3.77. The van der Waals surface area contributed by atoms with E-state index in [1.54, 1.807) is 6.92 Å². The molecule has 3 rings (SSSR count). The molecule has 2 N–H and O–H groups in total. The number of carboxylic acids is 1. The van der Waals surface area contributed by atoms with Gasteiger partial charge in [-0.15, -0.1) is 0 Å². The second kappa shape index (κ2) is 9.26. The molecule has 0 fully saturated rings. The molecule has 0 heterocycles. The van der Waals surface area contributed by atoms with Gasteiger partial charge >= 0.3 is 12.1 Å². The smallest absolute Gasteiger partial charge is 0.407 e. The molecule has 6 nitrogen and oxygen atoms in total. The van der Waals surface area contributed by atoms with E-state index in [9.17, 15) is 14.7 Å². The number of rotatable bonds is 6. The van der Waals surface area contributed by atoms with E-state index < -0.39 is 29.8 Å². The number of hydrogen-bond acceptors (Lipinski definition) is 4. The van der Waals surface area contributed by atoms with Crippen LogP contribution in [-0.4, -0.2) is 41.5 Å². The van der Waals surface area contributed by atoms with Crippen LogP contribution in [0.15, 0.2) is 48.5 Å². The number of nitrogens with one attached hydrogen (secondary N) is 1. The van der Waals surface area contributed by atoms with Crippen molar-refractivity contribution in [3.05, 3.63) is 59.7 Å². The second-order valence-electron chi connectivity index (χ2n) is 8.22. The number of amides is 1. The number of hydrogen-bond donors (Lipinski definition) is 2. The van der Waals surface area contributed by atoms with Crippen molar-refractivity contribution < 1.29 is 28.9 Å². The lowest BCUT2D eigenvalue weighted by atomic mass is 9.98. The van der Waals surface area contributed by atoms with E-state index >= 15 is 0 Å². The lowest BCUT2D eigenvalue weighted by Gasteiger charge is -2.29. The summed E-state index contributed by atoms with van der Waals surface area (Å²) in [5.74, 6) is -1.25. The van der Waals surface area contributed by atoms with Gasteiger partial charge in [0.25, 0.3) is 0 Å². The Kier molecular flexibility index (Phi) is 7.21. The van der Waals surface area contributed by atoms with E-state index in [4.69, 9.17) is 9.47 Å². The quantitative estimate of drug-likeness (QED) is 0.731. The Bertz CT molecular complexity index is 863. The van der Waals surface area contributed by atoms with Gasteiger partial charge in [0, 0.05) is 5.92 Å². The summed E-state index contributed by atoms with van der Waals surface area (Å²) in [4.78, 5) is 24.0. The van der Waals surface area contributed by atoms with Crippen LogP contribution in [0.3, 0.4) is 0 Å². The Morgan fingerprint density at radius 3 is 2.00 bits per heavy atom. The molecule has 2 aromatic rings. The highest BCUT2D eigenvalue weighted by molar-refractivity contribution is 5.81. The normalized spacial score (nSPS) is 14.7. The van der Waals surface area contributed by atoms with Gasteiger partial charge in [0.2, 0.25) is 0 Å². The Labute approximate surface area is 175 Å². The zero-order chi connectivity index (χ0) is 21.2. The summed E-state index contributed by atoms with van der Waals surface area (Å²) >= 11 is 0. The Hall–Kier alpha value is -2.93. The van der Waals surface area contributed by atoms with Crippen molar-refractivity contribution in [2.75, 3.05) is 6.61 Å². The first kappa shape index (κ1) is 23.3. The van der Waals surface area contributed by atoms with Crippen LogP contribution in [0.1, 0.15) is 44.7 Å². The number of carboxylic acid groups (broad SMARTS) is 1. The molecule has 1 amide bonds. The van der Waals surface area contributed by atoms with Crippen LogP contribution < -0.4 is 5.32 Å². The van der Waals surface area contributed by atoms with Crippen LogP contribution >= 0.6 is 0 Å². The number of alkyl carbamates (subject to hydrolysis) is 1. The molecule has 2 aromatic carbocycles. The van der Waals surface area contributed by atoms with Crippen molar-refractivity contribution in [2.24, 2.45) is 0 Å². The van der Waals surface area contributed by atoms with Crippen LogP contribution in [0.5, 0.6) is 0 Å². The maximum absolute atomic E-state index is 12.4. The van der Waals surface area contributed by atoms with E-state index in [1.165, 1.54) is 0 Å². The Morgan fingerprint density at radius 2 is 1.53 bits per heavy atom. The monoisotopic (exact) mass is 417 g/mol. The van der Waals surface area contributed by atoms with Crippen LogP contribution in [0.25, 0.3) is 11.1 Å². The van der Waals surface area contributed by atoms with E-state index in [1.807, 2.05) is 57.2 Å². The number of carbonyl (C=O) groups is 2. The molecule has 0 saturated heterocycles. The lowest BCUT2D eigenvalue weighted by Crippen LogP contribution is -2.50. The summed E-state index contributed by atoms with van der Waals surface area (Å²) in [7, 11) is 0. The number of ether oxygens (including phenoxy) is 2. The molecule has 30 heavy (non-hydrogen) atoms. The molecular weight excluding hydrogens is 389 g/mol. The largest absolute Gasteiger partial charge is 0.480 e. The van der Waals surface area contributed by atoms with Crippen LogP contribution in [0.4, 0.5) is 9.50 Å². The van der Waals surface area contributed by atoms with Gasteiger partial charge in [-0.1, -0.05) is 48.5 Å². The average Bonchev–Trinajstić information content (AvgIpc) is 2.96. The predicted molar refractivity (Wildman–Crippen MR) is 112 cm³/mol. The Morgan fingerprint density at radius 1 is 1.03 bits per heavy atom. The molecule has 2 atom stereocenters. The third kappa shape index (κ3) is 5.16. The number of halogens is 1. The van der Waals surface area contributed by atoms with Crippen molar-refractivity contribution in [3.63, 3.8) is 0 Å². The van der Waals surface area contributed by atoms with Crippen molar-refractivity contribution >= 4 is 12.1 Å². The first-order valence-corrected chi connectivity index (χ1v) is 9.69. The minimum atomic E-state index is -1.20. The van der Waals surface area contributed by atoms with Crippen molar-refractivity contribution in [1.82, 2.24) is 5.32 Å². The highest BCUT2D eigenvalue weighted by atomic mass is 19.0. The first-order valence-electron chi connectivity index (χ1n) is 9.69. The average molecular weight is 417 g/mol. The predicted octanol–water partition coefficient (Wildman–Crippen LogP) is 4.33. The van der Waals surface area contributed by atoms with Crippen LogP contribution in [-0.2, 0) is 14.3 Å². The van der Waals surface area contributed by atoms with Gasteiger partial charge in [-0.3, -0.25) is 4.70 Å². The molecule has 0 aliphatic heterocycles. The van der Waals surface area contributed by atoms with Gasteiger partial charge in [-0.25, -0.2) is 9.59 Å². The summed E-state index contributed by atoms with van der Waals surface area (Å²) in [5, 5.41) is 11.9. The molecule has 0 spiro atoms. The maximum Gasteiger partial charge on any atom is 0.407 e. The number of carbonyl (C=O) groups excluding carboxylic acids is 1. The topological polar surface area (TPSA) is 84.9 Å². The maximum atomic E-state index is 12.4. The summed E-state index contributed by atoms with van der Waals surface area (Å²) in [6.07, 6.45) is -1.49. The molecule has 0 saturated carbocycles. The standard InChI is InChI=1S/C23H27NO5.FH/c1-14(29-23(2,3)4)20(21(25)26)24-22(27)28-13-19-17-11-7-5-9-15(17)16-10-6-8-12-18(16)19;/h5-12,14,19-20H,13H2,1-4H3,(H,24,27)(H,25,26);1H/t14-,20+;/m1./s1. The Balaban J connectivity index is 0.00000320. The summed E-state index contributed by atoms with van der Waals surface area (Å²) < 4.78 is 11.1. The zero-order valence-corrected chi connectivity index (χ0v) is 17.5. The summed E-state index contributed by atoms with van der Waals surface area (Å²) in [5.41, 5.74) is 3.93. The van der Waals surface area contributed by atoms with E-state index in [0.717, 1.165) is 22.3 Å². The molecule has 0 bridgehead atoms. The van der Waals surface area contributed by atoms with Gasteiger partial charge in [0.15, 0.2) is 6.04 Å². The third-order valence-electron chi connectivity index (χ3n) is 4.89. The van der Waals surface area contributed by atoms with Crippen molar-refractivity contribution in [3.8, 4) is 11.1 Å². The van der Waals surface area contributed by atoms with Gasteiger partial charge in [-0.05, 0) is 49.9 Å². The van der Waals surface area contributed by atoms with E-state index in [-0.39, 0.29) is 17.2 Å². The van der Waals surface area contributed by atoms with Crippen LogP contribution in [0.2, 0.25) is 0 Å². The lowest BCUT2D eigenvalue weighted by molar-refractivity contribution is -0.147. The molecule has 0 unspecified atom stereocenters. The highest BCUT2D eigenvalue weighted by Gasteiger charge is 2.32. The van der Waals surface area contributed by atoms with Crippen molar-refractivity contribution in [2.45, 2.75) is 51.4 Å². The summed E-state index contributed by atoms with van der Waals surface area (Å²) in [6.45, 7) is 7.23. The van der Waals surface area contributed by atoms with E-state index in [2.05, 4.69) is 17.4 Å². The highest BCUT2D eigenvalue weighted by Crippen LogP contribution is 2.44. The molecule has 1 aliphatic carbocycles. The van der Waals surface area contributed by atoms with Crippen LogP contribution in [0, 0.1) is 0 Å². The molecule has 7 heteroatoms. The first-order chi connectivity index (χ1) is 13.7. The number of aliphatic carboxylic acids is 1. The van der Waals surface area contributed by atoms with Gasteiger partial charge < -0.3 is 19.9 Å². The van der Waals surface area contributed by atoms with Gasteiger partial charge in [0.1, 0.15) is 6.61 Å². The zero-order valence-electron chi connectivity index (χ0n) is 17.5. The third-order valence-corrected chi connectivity index (χ3v) is 4.89. The van der Waals surface area contributed by atoms with Gasteiger partial charge in [0.05, 0.1) is 11.7 Å².